The molecule has 0 atom stereocenters. The number of hydrogen-bond donors (Lipinski definition) is 0. The summed E-state index contributed by atoms with van der Waals surface area (Å²) >= 11 is 1.54. The number of hydrogen-bond acceptors (Lipinski definition) is 5. The van der Waals surface area contributed by atoms with E-state index in [4.69, 9.17) is 14.5 Å². The van der Waals surface area contributed by atoms with Gasteiger partial charge >= 0.3 is 0 Å². The van der Waals surface area contributed by atoms with Crippen molar-refractivity contribution < 1.29 is 9.47 Å². The van der Waals surface area contributed by atoms with Crippen molar-refractivity contribution in [1.82, 2.24) is 9.55 Å². The fourth-order valence-electron chi connectivity index (χ4n) is 3.44. The van der Waals surface area contributed by atoms with Crippen molar-refractivity contribution in [2.24, 2.45) is 0 Å². The van der Waals surface area contributed by atoms with Crippen LogP contribution in [-0.2, 0) is 5.75 Å². The summed E-state index contributed by atoms with van der Waals surface area (Å²) in [4.78, 5) is 18.3. The van der Waals surface area contributed by atoms with Gasteiger partial charge in [0.2, 0.25) is 0 Å². The number of aryl methyl sites for hydroxylation is 2. The standard InChI is InChI=1S/C25H24N2O3S/c1-16-9-10-18(13-17(16)2)15-31-25-26-21-8-6-5-7-20(21)24(28)27(25)19-11-12-22(29-3)23(14-19)30-4/h5-14H,15H2,1-4H3. The molecule has 0 bridgehead atoms. The smallest absolute Gasteiger partial charge is 0.266 e. The summed E-state index contributed by atoms with van der Waals surface area (Å²) in [6.45, 7) is 4.21. The molecule has 0 spiro atoms. The molecule has 0 unspecified atom stereocenters. The van der Waals surface area contributed by atoms with Crippen LogP contribution in [0, 0.1) is 13.8 Å². The Hall–Kier alpha value is -3.25. The van der Waals surface area contributed by atoms with Crippen LogP contribution in [0.3, 0.4) is 0 Å². The number of fused-ring (bicyclic) bond motifs is 1. The van der Waals surface area contributed by atoms with Gasteiger partial charge in [0.15, 0.2) is 16.7 Å². The first-order valence-corrected chi connectivity index (χ1v) is 10.9. The zero-order chi connectivity index (χ0) is 22.0. The van der Waals surface area contributed by atoms with Gasteiger partial charge in [0.05, 0.1) is 30.8 Å². The van der Waals surface area contributed by atoms with Gasteiger partial charge in [0, 0.05) is 11.8 Å². The molecule has 0 saturated carbocycles. The maximum absolute atomic E-state index is 13.5. The highest BCUT2D eigenvalue weighted by molar-refractivity contribution is 7.98. The predicted molar refractivity (Wildman–Crippen MR) is 126 cm³/mol. The molecule has 158 valence electrons. The Kier molecular flexibility index (Phi) is 6.00. The molecule has 0 aliphatic heterocycles. The molecule has 0 radical (unpaired) electrons. The number of methoxy groups -OCH3 is 2. The number of aromatic nitrogens is 2. The normalized spacial score (nSPS) is 11.0. The van der Waals surface area contributed by atoms with E-state index in [1.807, 2.05) is 24.3 Å². The lowest BCUT2D eigenvalue weighted by Crippen LogP contribution is -2.21. The van der Waals surface area contributed by atoms with Crippen LogP contribution in [0.15, 0.2) is 70.6 Å². The van der Waals surface area contributed by atoms with Gasteiger partial charge in [-0.25, -0.2) is 4.98 Å². The maximum atomic E-state index is 13.5. The second-order valence-corrected chi connectivity index (χ2v) is 8.24. The molecule has 4 rings (SSSR count). The zero-order valence-electron chi connectivity index (χ0n) is 18.0. The lowest BCUT2D eigenvalue weighted by molar-refractivity contribution is 0.354. The molecule has 6 heteroatoms. The molecule has 0 aliphatic rings. The molecule has 3 aromatic carbocycles. The van der Waals surface area contributed by atoms with E-state index >= 15 is 0 Å². The van der Waals surface area contributed by atoms with Crippen molar-refractivity contribution in [3.8, 4) is 17.2 Å². The SMILES string of the molecule is COc1ccc(-n2c(SCc3ccc(C)c(C)c3)nc3ccccc3c2=O)cc1OC. The second kappa shape index (κ2) is 8.86. The number of para-hydroxylation sites is 1. The molecular formula is C25H24N2O3S. The first kappa shape index (κ1) is 21.0. The number of benzene rings is 3. The van der Waals surface area contributed by atoms with Crippen LogP contribution >= 0.6 is 11.8 Å². The van der Waals surface area contributed by atoms with E-state index in [1.54, 1.807) is 48.7 Å². The lowest BCUT2D eigenvalue weighted by Gasteiger charge is -2.15. The highest BCUT2D eigenvalue weighted by atomic mass is 32.2. The van der Waals surface area contributed by atoms with Gasteiger partial charge in [-0.3, -0.25) is 9.36 Å². The molecule has 0 amide bonds. The van der Waals surface area contributed by atoms with Crippen LogP contribution in [-0.4, -0.2) is 23.8 Å². The first-order chi connectivity index (χ1) is 15.0. The van der Waals surface area contributed by atoms with E-state index in [1.165, 1.54) is 16.7 Å². The zero-order valence-corrected chi connectivity index (χ0v) is 18.8. The Labute approximate surface area is 185 Å². The van der Waals surface area contributed by atoms with Crippen molar-refractivity contribution >= 4 is 22.7 Å². The third-order valence-electron chi connectivity index (χ3n) is 5.31. The fraction of sp³-hybridized carbons (Fsp3) is 0.200. The molecule has 0 aliphatic carbocycles. The summed E-state index contributed by atoms with van der Waals surface area (Å²) in [6, 6.07) is 19.3. The average molecular weight is 433 g/mol. The highest BCUT2D eigenvalue weighted by Crippen LogP contribution is 2.31. The van der Waals surface area contributed by atoms with Crippen LogP contribution in [0.2, 0.25) is 0 Å². The molecule has 31 heavy (non-hydrogen) atoms. The number of nitrogens with zero attached hydrogens (tertiary/aromatic N) is 2. The molecule has 0 fully saturated rings. The highest BCUT2D eigenvalue weighted by Gasteiger charge is 2.15. The Morgan fingerprint density at radius 1 is 0.903 bits per heavy atom. The van der Waals surface area contributed by atoms with Gasteiger partial charge in [0.1, 0.15) is 0 Å². The largest absolute Gasteiger partial charge is 0.493 e. The van der Waals surface area contributed by atoms with Crippen LogP contribution in [0.25, 0.3) is 16.6 Å². The van der Waals surface area contributed by atoms with Crippen molar-refractivity contribution in [3.63, 3.8) is 0 Å². The van der Waals surface area contributed by atoms with Crippen LogP contribution < -0.4 is 15.0 Å². The van der Waals surface area contributed by atoms with Crippen molar-refractivity contribution in [2.75, 3.05) is 14.2 Å². The van der Waals surface area contributed by atoms with Gasteiger partial charge in [-0.2, -0.15) is 0 Å². The van der Waals surface area contributed by atoms with Crippen LogP contribution in [0.5, 0.6) is 11.5 Å². The monoisotopic (exact) mass is 432 g/mol. The number of thioether (sulfide) groups is 1. The van der Waals surface area contributed by atoms with E-state index in [0.717, 1.165) is 0 Å². The minimum absolute atomic E-state index is 0.111. The Morgan fingerprint density at radius 3 is 2.42 bits per heavy atom. The molecular weight excluding hydrogens is 408 g/mol. The molecule has 5 nitrogen and oxygen atoms in total. The first-order valence-electron chi connectivity index (χ1n) is 9.95. The van der Waals surface area contributed by atoms with Gasteiger partial charge in [-0.1, -0.05) is 42.1 Å². The fourth-order valence-corrected chi connectivity index (χ4v) is 4.40. The minimum Gasteiger partial charge on any atom is -0.493 e. The molecule has 0 N–H and O–H groups in total. The summed E-state index contributed by atoms with van der Waals surface area (Å²) in [7, 11) is 3.17. The summed E-state index contributed by atoms with van der Waals surface area (Å²) in [5.74, 6) is 1.88. The molecule has 0 saturated heterocycles. The Morgan fingerprint density at radius 2 is 1.68 bits per heavy atom. The van der Waals surface area contributed by atoms with E-state index in [9.17, 15) is 4.79 Å². The van der Waals surface area contributed by atoms with E-state index in [0.29, 0.717) is 39.0 Å². The second-order valence-electron chi connectivity index (χ2n) is 7.30. The van der Waals surface area contributed by atoms with Crippen molar-refractivity contribution in [2.45, 2.75) is 24.8 Å². The Bertz CT molecular complexity index is 1310. The van der Waals surface area contributed by atoms with E-state index < -0.39 is 0 Å². The third-order valence-corrected chi connectivity index (χ3v) is 6.32. The van der Waals surface area contributed by atoms with Gasteiger partial charge in [-0.05, 0) is 54.8 Å². The van der Waals surface area contributed by atoms with Crippen LogP contribution in [0.4, 0.5) is 0 Å². The van der Waals surface area contributed by atoms with Crippen molar-refractivity contribution in [3.05, 3.63) is 87.7 Å². The van der Waals surface area contributed by atoms with Gasteiger partial charge in [-0.15, -0.1) is 0 Å². The summed E-state index contributed by atoms with van der Waals surface area (Å²) in [6.07, 6.45) is 0. The van der Waals surface area contributed by atoms with E-state index in [-0.39, 0.29) is 5.56 Å². The lowest BCUT2D eigenvalue weighted by atomic mass is 10.1. The average Bonchev–Trinajstić information content (AvgIpc) is 2.79. The molecule has 1 heterocycles. The summed E-state index contributed by atoms with van der Waals surface area (Å²) in [5, 5.41) is 1.21. The van der Waals surface area contributed by atoms with E-state index in [2.05, 4.69) is 32.0 Å². The third kappa shape index (κ3) is 4.16. The predicted octanol–water partition coefficient (Wildman–Crippen LogP) is 5.31. The van der Waals surface area contributed by atoms with Gasteiger partial charge in [0.25, 0.3) is 5.56 Å². The van der Waals surface area contributed by atoms with Crippen molar-refractivity contribution in [1.29, 1.82) is 0 Å². The van der Waals surface area contributed by atoms with Gasteiger partial charge < -0.3 is 9.47 Å². The summed E-state index contributed by atoms with van der Waals surface area (Å²) < 4.78 is 12.5. The minimum atomic E-state index is -0.111. The Balaban J connectivity index is 1.83. The number of rotatable bonds is 6. The molecule has 1 aromatic heterocycles. The molecule has 4 aromatic rings. The quantitative estimate of drug-likeness (QED) is 0.305. The van der Waals surface area contributed by atoms with Crippen LogP contribution in [0.1, 0.15) is 16.7 Å². The maximum Gasteiger partial charge on any atom is 0.266 e. The number of ether oxygens (including phenoxy) is 2. The topological polar surface area (TPSA) is 53.4 Å². The summed E-state index contributed by atoms with van der Waals surface area (Å²) in [5.41, 5.74) is 4.96.